The van der Waals surface area contributed by atoms with Crippen LogP contribution in [0.25, 0.3) is 0 Å². The van der Waals surface area contributed by atoms with Crippen LogP contribution in [0.5, 0.6) is 0 Å². The van der Waals surface area contributed by atoms with Crippen LogP contribution in [-0.4, -0.2) is 50.2 Å². The number of aliphatic carboxylic acids is 1. The van der Waals surface area contributed by atoms with Crippen molar-refractivity contribution in [2.45, 2.75) is 44.9 Å². The lowest BCUT2D eigenvalue weighted by Crippen LogP contribution is -2.52. The Morgan fingerprint density at radius 1 is 1.48 bits per heavy atom. The zero-order valence-electron chi connectivity index (χ0n) is 12.1. The van der Waals surface area contributed by atoms with Crippen LogP contribution >= 0.6 is 0 Å². The number of nitrogens with one attached hydrogen (secondary N) is 2. The van der Waals surface area contributed by atoms with Crippen LogP contribution in [0.2, 0.25) is 0 Å². The van der Waals surface area contributed by atoms with E-state index in [1.54, 1.807) is 6.20 Å². The van der Waals surface area contributed by atoms with Gasteiger partial charge in [-0.3, -0.25) is 4.79 Å². The third-order valence-electron chi connectivity index (χ3n) is 3.02. The average Bonchev–Trinajstić information content (AvgIpc) is 2.89. The molecule has 0 aromatic carbocycles. The molecule has 0 bridgehead atoms. The summed E-state index contributed by atoms with van der Waals surface area (Å²) in [5.74, 6) is -1.76. The minimum absolute atomic E-state index is 0.119. The molecule has 8 heteroatoms. The fraction of sp³-hybridized carbons (Fsp3) is 0.615. The first-order valence-corrected chi connectivity index (χ1v) is 6.75. The first-order chi connectivity index (χ1) is 9.81. The molecule has 0 spiro atoms. The minimum Gasteiger partial charge on any atom is -0.479 e. The first kappa shape index (κ1) is 17.1. The summed E-state index contributed by atoms with van der Waals surface area (Å²) >= 11 is 0. The van der Waals surface area contributed by atoms with Crippen molar-refractivity contribution in [3.8, 4) is 0 Å². The maximum Gasteiger partial charge on any atom is 0.334 e. The fourth-order valence-corrected chi connectivity index (χ4v) is 1.96. The van der Waals surface area contributed by atoms with E-state index in [9.17, 15) is 14.7 Å². The molecule has 1 aromatic heterocycles. The molecule has 1 rings (SSSR count). The maximum atomic E-state index is 12.0. The predicted molar refractivity (Wildman–Crippen MR) is 75.3 cm³/mol. The van der Waals surface area contributed by atoms with Crippen LogP contribution in [0.1, 0.15) is 26.0 Å². The summed E-state index contributed by atoms with van der Waals surface area (Å²) in [5.41, 5.74) is 6.48. The Bertz CT molecular complexity index is 461. The number of carboxylic acid groups (broad SMARTS) is 1. The van der Waals surface area contributed by atoms with Gasteiger partial charge in [-0.05, 0) is 12.3 Å². The molecule has 0 radical (unpaired) electrons. The van der Waals surface area contributed by atoms with Crippen molar-refractivity contribution in [2.75, 3.05) is 0 Å². The number of carbonyl (C=O) groups is 2. The SMILES string of the molecule is CC(C)C[C@H](NC(=O)[C@@H](N)Cc1cnc[nH]1)C(O)C(=O)O. The van der Waals surface area contributed by atoms with E-state index in [0.29, 0.717) is 12.1 Å². The first-order valence-electron chi connectivity index (χ1n) is 6.75. The number of nitrogens with zero attached hydrogens (tertiary/aromatic N) is 1. The van der Waals surface area contributed by atoms with E-state index in [0.717, 1.165) is 0 Å². The molecule has 0 aliphatic rings. The Hall–Kier alpha value is -1.93. The van der Waals surface area contributed by atoms with Gasteiger partial charge in [0.2, 0.25) is 5.91 Å². The van der Waals surface area contributed by atoms with Gasteiger partial charge in [-0.15, -0.1) is 0 Å². The molecular weight excluding hydrogens is 276 g/mol. The quantitative estimate of drug-likeness (QED) is 0.428. The molecule has 8 nitrogen and oxygen atoms in total. The molecule has 0 saturated carbocycles. The van der Waals surface area contributed by atoms with Crippen molar-refractivity contribution in [1.82, 2.24) is 15.3 Å². The van der Waals surface area contributed by atoms with Gasteiger partial charge in [0.05, 0.1) is 18.4 Å². The van der Waals surface area contributed by atoms with Gasteiger partial charge in [0.1, 0.15) is 0 Å². The minimum atomic E-state index is -1.66. The number of hydrogen-bond acceptors (Lipinski definition) is 5. The number of carboxylic acids is 1. The van der Waals surface area contributed by atoms with Crippen LogP contribution in [0.4, 0.5) is 0 Å². The Morgan fingerprint density at radius 3 is 2.62 bits per heavy atom. The van der Waals surface area contributed by atoms with Crippen molar-refractivity contribution in [3.05, 3.63) is 18.2 Å². The number of H-pyrrole nitrogens is 1. The van der Waals surface area contributed by atoms with Crippen molar-refractivity contribution in [2.24, 2.45) is 11.7 Å². The molecule has 6 N–H and O–H groups in total. The van der Waals surface area contributed by atoms with Gasteiger partial charge in [-0.1, -0.05) is 13.8 Å². The molecule has 0 aliphatic carbocycles. The largest absolute Gasteiger partial charge is 0.479 e. The van der Waals surface area contributed by atoms with Gasteiger partial charge in [0.25, 0.3) is 0 Å². The van der Waals surface area contributed by atoms with E-state index < -0.39 is 30.1 Å². The summed E-state index contributed by atoms with van der Waals surface area (Å²) in [6, 6.07) is -1.72. The van der Waals surface area contributed by atoms with Crippen molar-refractivity contribution < 1.29 is 19.8 Å². The van der Waals surface area contributed by atoms with E-state index in [2.05, 4.69) is 15.3 Å². The van der Waals surface area contributed by atoms with Crippen LogP contribution in [0.3, 0.4) is 0 Å². The number of aromatic nitrogens is 2. The highest BCUT2D eigenvalue weighted by Gasteiger charge is 2.29. The average molecular weight is 298 g/mol. The Balaban J connectivity index is 2.63. The molecule has 0 aliphatic heterocycles. The number of nitrogens with two attached hydrogens (primary N) is 1. The molecule has 1 amide bonds. The number of amides is 1. The number of imidazole rings is 1. The molecule has 3 atom stereocenters. The molecule has 21 heavy (non-hydrogen) atoms. The number of rotatable bonds is 8. The lowest BCUT2D eigenvalue weighted by Gasteiger charge is -2.24. The Kier molecular flexibility index (Phi) is 6.32. The third-order valence-corrected chi connectivity index (χ3v) is 3.02. The van der Waals surface area contributed by atoms with E-state index >= 15 is 0 Å². The normalized spacial score (nSPS) is 15.5. The van der Waals surface area contributed by atoms with E-state index in [-0.39, 0.29) is 12.3 Å². The van der Waals surface area contributed by atoms with Crippen molar-refractivity contribution in [3.63, 3.8) is 0 Å². The highest BCUT2D eigenvalue weighted by atomic mass is 16.4. The van der Waals surface area contributed by atoms with Gasteiger partial charge >= 0.3 is 5.97 Å². The zero-order valence-corrected chi connectivity index (χ0v) is 12.1. The van der Waals surface area contributed by atoms with Crippen molar-refractivity contribution >= 4 is 11.9 Å². The van der Waals surface area contributed by atoms with Crippen LogP contribution in [0, 0.1) is 5.92 Å². The van der Waals surface area contributed by atoms with Crippen LogP contribution in [-0.2, 0) is 16.0 Å². The number of hydrogen-bond donors (Lipinski definition) is 5. The predicted octanol–water partition coefficient (Wildman–Crippen LogP) is -0.744. The molecular formula is C13H22N4O4. The smallest absolute Gasteiger partial charge is 0.334 e. The highest BCUT2D eigenvalue weighted by Crippen LogP contribution is 2.09. The molecule has 1 unspecified atom stereocenters. The number of aliphatic hydroxyl groups excluding tert-OH is 1. The molecule has 0 saturated heterocycles. The fourth-order valence-electron chi connectivity index (χ4n) is 1.96. The summed E-state index contributed by atoms with van der Waals surface area (Å²) in [7, 11) is 0. The number of aromatic amines is 1. The highest BCUT2D eigenvalue weighted by molar-refractivity contribution is 5.83. The second-order valence-electron chi connectivity index (χ2n) is 5.42. The summed E-state index contributed by atoms with van der Waals surface area (Å²) in [6.07, 6.45) is 1.98. The summed E-state index contributed by atoms with van der Waals surface area (Å²) in [6.45, 7) is 3.75. The van der Waals surface area contributed by atoms with Crippen molar-refractivity contribution in [1.29, 1.82) is 0 Å². The Morgan fingerprint density at radius 2 is 2.14 bits per heavy atom. The van der Waals surface area contributed by atoms with E-state index in [1.165, 1.54) is 6.33 Å². The molecule has 118 valence electrons. The van der Waals surface area contributed by atoms with Gasteiger partial charge in [0.15, 0.2) is 6.10 Å². The van der Waals surface area contributed by atoms with Gasteiger partial charge in [-0.2, -0.15) is 0 Å². The van der Waals surface area contributed by atoms with Crippen LogP contribution < -0.4 is 11.1 Å². The number of carbonyl (C=O) groups excluding carboxylic acids is 1. The monoisotopic (exact) mass is 298 g/mol. The van der Waals surface area contributed by atoms with Gasteiger partial charge < -0.3 is 26.2 Å². The van der Waals surface area contributed by atoms with E-state index in [1.807, 2.05) is 13.8 Å². The number of aliphatic hydroxyl groups is 1. The zero-order chi connectivity index (χ0) is 16.0. The maximum absolute atomic E-state index is 12.0. The summed E-state index contributed by atoms with van der Waals surface area (Å²) in [4.78, 5) is 29.6. The Labute approximate surface area is 122 Å². The topological polar surface area (TPSA) is 141 Å². The van der Waals surface area contributed by atoms with Crippen LogP contribution in [0.15, 0.2) is 12.5 Å². The van der Waals surface area contributed by atoms with Gasteiger partial charge in [0, 0.05) is 18.3 Å². The molecule has 0 fully saturated rings. The lowest BCUT2D eigenvalue weighted by atomic mass is 9.98. The lowest BCUT2D eigenvalue weighted by molar-refractivity contribution is -0.149. The second kappa shape index (κ2) is 7.75. The summed E-state index contributed by atoms with van der Waals surface area (Å²) in [5, 5.41) is 21.0. The van der Waals surface area contributed by atoms with Gasteiger partial charge in [-0.25, -0.2) is 9.78 Å². The standard InChI is InChI=1S/C13H22N4O4/c1-7(2)3-10(11(18)13(20)21)17-12(19)9(14)4-8-5-15-6-16-8/h5-7,9-11,18H,3-4,14H2,1-2H3,(H,15,16)(H,17,19)(H,20,21)/t9-,10-,11?/m0/s1. The molecule has 1 heterocycles. The van der Waals surface area contributed by atoms with E-state index in [4.69, 9.17) is 10.8 Å². The molecule has 1 aromatic rings. The second-order valence-corrected chi connectivity index (χ2v) is 5.42. The summed E-state index contributed by atoms with van der Waals surface area (Å²) < 4.78 is 0. The third kappa shape index (κ3) is 5.52.